The summed E-state index contributed by atoms with van der Waals surface area (Å²) in [6, 6.07) is 14.2. The van der Waals surface area contributed by atoms with E-state index in [9.17, 15) is 26.0 Å². The number of hydrogen-bond acceptors (Lipinski definition) is 7. The summed E-state index contributed by atoms with van der Waals surface area (Å²) >= 11 is 0. The number of benzene rings is 3. The monoisotopic (exact) mass is 579 g/mol. The van der Waals surface area contributed by atoms with E-state index in [1.54, 1.807) is 13.8 Å². The Balaban J connectivity index is 1.90. The van der Waals surface area contributed by atoms with Crippen molar-refractivity contribution in [3.8, 4) is 11.5 Å². The molecule has 13 heteroatoms. The zero-order valence-corrected chi connectivity index (χ0v) is 23.6. The Morgan fingerprint density at radius 2 is 1.36 bits per heavy atom. The number of anilines is 2. The number of halogens is 1. The molecule has 0 saturated heterocycles. The molecule has 0 heterocycles. The van der Waals surface area contributed by atoms with Gasteiger partial charge in [-0.15, -0.1) is 0 Å². The van der Waals surface area contributed by atoms with Crippen molar-refractivity contribution in [1.29, 1.82) is 0 Å². The summed E-state index contributed by atoms with van der Waals surface area (Å²) < 4.78 is 78.8. The second-order valence-corrected chi connectivity index (χ2v) is 12.0. The van der Waals surface area contributed by atoms with Gasteiger partial charge in [0.15, 0.2) is 11.5 Å². The van der Waals surface area contributed by atoms with E-state index in [0.717, 1.165) is 16.4 Å². The predicted molar refractivity (Wildman–Crippen MR) is 146 cm³/mol. The average Bonchev–Trinajstić information content (AvgIpc) is 2.92. The molecule has 3 rings (SSSR count). The smallest absolute Gasteiger partial charge is 0.264 e. The summed E-state index contributed by atoms with van der Waals surface area (Å²) in [7, 11) is -5.24. The Hall–Kier alpha value is -3.68. The molecule has 0 aromatic heterocycles. The second kappa shape index (κ2) is 12.5. The van der Waals surface area contributed by atoms with Crippen LogP contribution in [0.2, 0.25) is 0 Å². The van der Waals surface area contributed by atoms with E-state index < -0.39 is 38.3 Å². The Kier molecular flexibility index (Phi) is 9.54. The van der Waals surface area contributed by atoms with E-state index in [1.165, 1.54) is 73.1 Å². The van der Waals surface area contributed by atoms with Gasteiger partial charge in [-0.25, -0.2) is 21.2 Å². The van der Waals surface area contributed by atoms with Crippen molar-refractivity contribution in [3.05, 3.63) is 72.5 Å². The molecule has 0 atom stereocenters. The van der Waals surface area contributed by atoms with Gasteiger partial charge in [0.25, 0.3) is 10.0 Å². The lowest BCUT2D eigenvalue weighted by Gasteiger charge is -2.24. The van der Waals surface area contributed by atoms with Gasteiger partial charge in [0, 0.05) is 24.8 Å². The molecule has 0 unspecified atom stereocenters. The fourth-order valence-corrected chi connectivity index (χ4v) is 6.68. The lowest BCUT2D eigenvalue weighted by atomic mass is 10.3. The highest BCUT2D eigenvalue weighted by molar-refractivity contribution is 7.92. The van der Waals surface area contributed by atoms with Gasteiger partial charge in [-0.1, -0.05) is 13.8 Å². The molecule has 0 spiro atoms. The quantitative estimate of drug-likeness (QED) is 0.347. The van der Waals surface area contributed by atoms with Crippen molar-refractivity contribution in [2.75, 3.05) is 43.5 Å². The summed E-state index contributed by atoms with van der Waals surface area (Å²) in [4.78, 5) is 12.9. The van der Waals surface area contributed by atoms with Crippen LogP contribution in [-0.2, 0) is 24.8 Å². The van der Waals surface area contributed by atoms with Crippen molar-refractivity contribution in [2.24, 2.45) is 0 Å². The van der Waals surface area contributed by atoms with Crippen molar-refractivity contribution in [3.63, 3.8) is 0 Å². The molecular formula is C26H30FN3O7S2. The highest BCUT2D eigenvalue weighted by Crippen LogP contribution is 2.32. The maximum atomic E-state index is 13.6. The van der Waals surface area contributed by atoms with Crippen LogP contribution in [0.5, 0.6) is 11.5 Å². The molecule has 39 heavy (non-hydrogen) atoms. The Morgan fingerprint density at radius 1 is 0.795 bits per heavy atom. The molecular weight excluding hydrogens is 549 g/mol. The maximum Gasteiger partial charge on any atom is 0.264 e. The first kappa shape index (κ1) is 29.9. The molecule has 210 valence electrons. The molecule has 0 aliphatic rings. The number of sulfonamides is 2. The van der Waals surface area contributed by atoms with Crippen LogP contribution >= 0.6 is 0 Å². The van der Waals surface area contributed by atoms with Gasteiger partial charge in [0.1, 0.15) is 12.4 Å². The number of carbonyl (C=O) groups excluding carboxylic acids is 1. The van der Waals surface area contributed by atoms with Gasteiger partial charge < -0.3 is 14.8 Å². The molecule has 0 fully saturated rings. The van der Waals surface area contributed by atoms with Crippen molar-refractivity contribution in [2.45, 2.75) is 23.6 Å². The minimum absolute atomic E-state index is 0.0574. The molecule has 0 radical (unpaired) electrons. The number of hydrogen-bond donors (Lipinski definition) is 1. The summed E-state index contributed by atoms with van der Waals surface area (Å²) in [5.41, 5.74) is 0.322. The van der Waals surface area contributed by atoms with Crippen LogP contribution in [0.1, 0.15) is 13.8 Å². The number of rotatable bonds is 12. The average molecular weight is 580 g/mol. The topological polar surface area (TPSA) is 122 Å². The molecule has 1 N–H and O–H groups in total. The largest absolute Gasteiger partial charge is 0.493 e. The third-order valence-corrected chi connectivity index (χ3v) is 9.66. The summed E-state index contributed by atoms with van der Waals surface area (Å²) in [6.07, 6.45) is 0. The van der Waals surface area contributed by atoms with Crippen molar-refractivity contribution < 1.29 is 35.5 Å². The molecule has 0 bridgehead atoms. The summed E-state index contributed by atoms with van der Waals surface area (Å²) in [6.45, 7) is 3.44. The van der Waals surface area contributed by atoms with Gasteiger partial charge >= 0.3 is 0 Å². The molecule has 0 aliphatic heterocycles. The van der Waals surface area contributed by atoms with E-state index in [0.29, 0.717) is 18.8 Å². The molecule has 0 aliphatic carbocycles. The number of methoxy groups -OCH3 is 2. The van der Waals surface area contributed by atoms with Crippen LogP contribution in [0.25, 0.3) is 0 Å². The highest BCUT2D eigenvalue weighted by atomic mass is 32.2. The Morgan fingerprint density at radius 3 is 1.90 bits per heavy atom. The van der Waals surface area contributed by atoms with Gasteiger partial charge in [-0.2, -0.15) is 4.31 Å². The predicted octanol–water partition coefficient (Wildman–Crippen LogP) is 3.71. The van der Waals surface area contributed by atoms with Crippen LogP contribution in [-0.4, -0.2) is 60.9 Å². The number of amides is 1. The molecule has 10 nitrogen and oxygen atoms in total. The number of carbonyl (C=O) groups is 1. The Bertz CT molecular complexity index is 1510. The second-order valence-electron chi connectivity index (χ2n) is 8.17. The molecule has 0 saturated carbocycles. The van der Waals surface area contributed by atoms with Gasteiger partial charge in [-0.3, -0.25) is 9.10 Å². The minimum Gasteiger partial charge on any atom is -0.493 e. The van der Waals surface area contributed by atoms with Gasteiger partial charge in [0.2, 0.25) is 15.9 Å². The van der Waals surface area contributed by atoms with E-state index >= 15 is 0 Å². The number of nitrogens with zero attached hydrogens (tertiary/aromatic N) is 2. The van der Waals surface area contributed by atoms with Gasteiger partial charge in [-0.05, 0) is 60.7 Å². The molecule has 3 aromatic carbocycles. The summed E-state index contributed by atoms with van der Waals surface area (Å²) in [5, 5.41) is 2.58. The van der Waals surface area contributed by atoms with E-state index in [2.05, 4.69) is 5.32 Å². The van der Waals surface area contributed by atoms with Crippen LogP contribution in [0.4, 0.5) is 15.8 Å². The van der Waals surface area contributed by atoms with Crippen LogP contribution in [0.3, 0.4) is 0 Å². The standard InChI is InChI=1S/C26H30FN3O7S2/c1-5-29(6-2)38(32,33)22-13-9-20(10-14-22)28-26(31)18-30(21-11-7-19(27)8-12-21)39(34,35)23-15-16-24(36-3)25(17-23)37-4/h7-17H,5-6,18H2,1-4H3,(H,28,31). The third kappa shape index (κ3) is 6.67. The zero-order chi connectivity index (χ0) is 28.8. The maximum absolute atomic E-state index is 13.6. The lowest BCUT2D eigenvalue weighted by molar-refractivity contribution is -0.114. The fourth-order valence-electron chi connectivity index (χ4n) is 3.78. The zero-order valence-electron chi connectivity index (χ0n) is 21.9. The number of ether oxygens (including phenoxy) is 2. The van der Waals surface area contributed by atoms with Crippen LogP contribution < -0.4 is 19.1 Å². The van der Waals surface area contributed by atoms with E-state index in [-0.39, 0.29) is 26.9 Å². The SMILES string of the molecule is CCN(CC)S(=O)(=O)c1ccc(NC(=O)CN(c2ccc(F)cc2)S(=O)(=O)c2ccc(OC)c(OC)c2)cc1. The first-order valence-corrected chi connectivity index (χ1v) is 14.8. The fraction of sp³-hybridized carbons (Fsp3) is 0.269. The van der Waals surface area contributed by atoms with Crippen molar-refractivity contribution in [1.82, 2.24) is 4.31 Å². The Labute approximate surface area is 228 Å². The molecule has 3 aromatic rings. The van der Waals surface area contributed by atoms with E-state index in [4.69, 9.17) is 9.47 Å². The number of nitrogens with one attached hydrogen (secondary N) is 1. The van der Waals surface area contributed by atoms with Crippen LogP contribution in [0.15, 0.2) is 76.5 Å². The van der Waals surface area contributed by atoms with E-state index in [1.807, 2.05) is 0 Å². The molecule has 1 amide bonds. The normalized spacial score (nSPS) is 11.7. The first-order valence-electron chi connectivity index (χ1n) is 11.9. The highest BCUT2D eigenvalue weighted by Gasteiger charge is 2.29. The van der Waals surface area contributed by atoms with Crippen molar-refractivity contribution >= 4 is 37.3 Å². The lowest BCUT2D eigenvalue weighted by Crippen LogP contribution is -2.38. The third-order valence-electron chi connectivity index (χ3n) is 5.83. The van der Waals surface area contributed by atoms with Gasteiger partial charge in [0.05, 0.1) is 29.7 Å². The summed E-state index contributed by atoms with van der Waals surface area (Å²) in [5.74, 6) is -0.801. The first-order chi connectivity index (χ1) is 18.5. The minimum atomic E-state index is -4.32. The van der Waals surface area contributed by atoms with Crippen LogP contribution in [0, 0.1) is 5.82 Å².